The first-order chi connectivity index (χ1) is 10.8. The number of carbonyl (C=O) groups excluding carboxylic acids is 1. The Labute approximate surface area is 132 Å². The highest BCUT2D eigenvalue weighted by molar-refractivity contribution is 6.09. The van der Waals surface area contributed by atoms with Crippen LogP contribution in [-0.4, -0.2) is 24.8 Å². The predicted molar refractivity (Wildman–Crippen MR) is 84.0 cm³/mol. The van der Waals surface area contributed by atoms with Gasteiger partial charge in [0, 0.05) is 31.9 Å². The van der Waals surface area contributed by atoms with Crippen molar-refractivity contribution in [1.82, 2.24) is 4.90 Å². The fourth-order valence-corrected chi connectivity index (χ4v) is 2.10. The number of rotatable bonds is 4. The number of halogens is 3. The van der Waals surface area contributed by atoms with Gasteiger partial charge in [-0.3, -0.25) is 4.79 Å². The van der Waals surface area contributed by atoms with Crippen molar-refractivity contribution in [3.8, 4) is 11.1 Å². The summed E-state index contributed by atoms with van der Waals surface area (Å²) >= 11 is 0. The van der Waals surface area contributed by atoms with Crippen LogP contribution in [0.1, 0.15) is 15.9 Å². The van der Waals surface area contributed by atoms with Gasteiger partial charge in [-0.1, -0.05) is 36.4 Å². The average molecular weight is 319 g/mol. The molecule has 0 saturated heterocycles. The maximum absolute atomic E-state index is 12.9. The van der Waals surface area contributed by atoms with Crippen molar-refractivity contribution in [2.45, 2.75) is 6.18 Å². The van der Waals surface area contributed by atoms with Crippen LogP contribution in [0.15, 0.2) is 60.8 Å². The molecular formula is C18H16F3NO. The summed E-state index contributed by atoms with van der Waals surface area (Å²) in [4.78, 5) is 14.0. The van der Waals surface area contributed by atoms with Crippen molar-refractivity contribution < 1.29 is 18.0 Å². The van der Waals surface area contributed by atoms with Crippen LogP contribution in [-0.2, 0) is 6.18 Å². The number of benzene rings is 2. The van der Waals surface area contributed by atoms with Crippen molar-refractivity contribution in [2.24, 2.45) is 0 Å². The van der Waals surface area contributed by atoms with Crippen molar-refractivity contribution in [3.05, 3.63) is 71.9 Å². The summed E-state index contributed by atoms with van der Waals surface area (Å²) in [6.45, 7) is 0. The molecule has 0 radical (unpaired) electrons. The fraction of sp³-hybridized carbons (Fsp3) is 0.167. The molecule has 0 amide bonds. The first-order valence-electron chi connectivity index (χ1n) is 6.94. The Morgan fingerprint density at radius 3 is 2.26 bits per heavy atom. The summed E-state index contributed by atoms with van der Waals surface area (Å²) in [5.74, 6) is -0.469. The van der Waals surface area contributed by atoms with E-state index in [2.05, 4.69) is 0 Å². The molecule has 0 atom stereocenters. The molecule has 0 heterocycles. The summed E-state index contributed by atoms with van der Waals surface area (Å²) in [5, 5.41) is 0. The number of hydrogen-bond acceptors (Lipinski definition) is 2. The first-order valence-corrected chi connectivity index (χ1v) is 6.94. The summed E-state index contributed by atoms with van der Waals surface area (Å²) in [6, 6.07) is 12.1. The van der Waals surface area contributed by atoms with Crippen LogP contribution in [0.2, 0.25) is 0 Å². The quantitative estimate of drug-likeness (QED) is 0.605. The molecule has 2 nitrogen and oxygen atoms in total. The second kappa shape index (κ2) is 6.69. The van der Waals surface area contributed by atoms with E-state index in [0.29, 0.717) is 11.1 Å². The van der Waals surface area contributed by atoms with Gasteiger partial charge in [-0.05, 0) is 23.3 Å². The van der Waals surface area contributed by atoms with E-state index in [1.165, 1.54) is 18.3 Å². The minimum Gasteiger partial charge on any atom is -0.383 e. The topological polar surface area (TPSA) is 20.3 Å². The van der Waals surface area contributed by atoms with Gasteiger partial charge < -0.3 is 4.90 Å². The van der Waals surface area contributed by atoms with Crippen molar-refractivity contribution >= 4 is 5.78 Å². The van der Waals surface area contributed by atoms with E-state index in [9.17, 15) is 18.0 Å². The van der Waals surface area contributed by atoms with Crippen LogP contribution in [0.4, 0.5) is 13.2 Å². The lowest BCUT2D eigenvalue weighted by Gasteiger charge is -2.12. The maximum Gasteiger partial charge on any atom is 0.416 e. The molecule has 0 unspecified atom stereocenters. The average Bonchev–Trinajstić information content (AvgIpc) is 2.52. The SMILES string of the molecule is CN(C)C=CC(=O)c1cc(C(F)(F)F)ccc1-c1ccccc1. The number of allylic oxidation sites excluding steroid dienone is 1. The summed E-state index contributed by atoms with van der Waals surface area (Å²) < 4.78 is 38.8. The molecule has 2 aromatic rings. The minimum atomic E-state index is -4.49. The van der Waals surface area contributed by atoms with E-state index < -0.39 is 17.5 Å². The predicted octanol–water partition coefficient (Wildman–Crippen LogP) is 4.63. The lowest BCUT2D eigenvalue weighted by atomic mass is 9.94. The summed E-state index contributed by atoms with van der Waals surface area (Å²) in [6.07, 6.45) is -1.71. The zero-order valence-corrected chi connectivity index (χ0v) is 12.8. The molecule has 0 spiro atoms. The van der Waals surface area contributed by atoms with Crippen molar-refractivity contribution in [2.75, 3.05) is 14.1 Å². The van der Waals surface area contributed by atoms with Gasteiger partial charge in [0.1, 0.15) is 0 Å². The van der Waals surface area contributed by atoms with Gasteiger partial charge in [-0.25, -0.2) is 0 Å². The Balaban J connectivity index is 2.56. The molecule has 0 aliphatic carbocycles. The van der Waals surface area contributed by atoms with Crippen LogP contribution >= 0.6 is 0 Å². The molecule has 2 rings (SSSR count). The molecule has 0 aliphatic heterocycles. The van der Waals surface area contributed by atoms with E-state index in [4.69, 9.17) is 0 Å². The number of hydrogen-bond donors (Lipinski definition) is 0. The van der Waals surface area contributed by atoms with Crippen molar-refractivity contribution in [1.29, 1.82) is 0 Å². The van der Waals surface area contributed by atoms with Crippen molar-refractivity contribution in [3.63, 3.8) is 0 Å². The second-order valence-corrected chi connectivity index (χ2v) is 5.27. The molecule has 0 aromatic heterocycles. The highest BCUT2D eigenvalue weighted by Gasteiger charge is 2.31. The van der Waals surface area contributed by atoms with E-state index in [0.717, 1.165) is 12.1 Å². The van der Waals surface area contributed by atoms with Crippen LogP contribution in [0.25, 0.3) is 11.1 Å². The van der Waals surface area contributed by atoms with Gasteiger partial charge in [0.2, 0.25) is 0 Å². The number of alkyl halides is 3. The summed E-state index contributed by atoms with van der Waals surface area (Å²) in [5.41, 5.74) is 0.373. The van der Waals surface area contributed by atoms with Crippen LogP contribution in [0.3, 0.4) is 0 Å². The molecule has 5 heteroatoms. The van der Waals surface area contributed by atoms with E-state index in [1.807, 2.05) is 0 Å². The molecule has 120 valence electrons. The third kappa shape index (κ3) is 4.22. The van der Waals surface area contributed by atoms with Gasteiger partial charge in [-0.2, -0.15) is 13.2 Å². The molecule has 0 aliphatic rings. The lowest BCUT2D eigenvalue weighted by Crippen LogP contribution is -2.09. The highest BCUT2D eigenvalue weighted by Crippen LogP contribution is 2.33. The van der Waals surface area contributed by atoms with Crippen LogP contribution in [0.5, 0.6) is 0 Å². The van der Waals surface area contributed by atoms with E-state index >= 15 is 0 Å². The Hall–Kier alpha value is -2.56. The van der Waals surface area contributed by atoms with Gasteiger partial charge >= 0.3 is 6.18 Å². The number of ketones is 1. The van der Waals surface area contributed by atoms with Crippen LogP contribution < -0.4 is 0 Å². The van der Waals surface area contributed by atoms with Gasteiger partial charge in [0.05, 0.1) is 5.56 Å². The Bertz CT molecular complexity index is 719. The zero-order valence-electron chi connectivity index (χ0n) is 12.8. The number of nitrogens with zero attached hydrogens (tertiary/aromatic N) is 1. The standard InChI is InChI=1S/C18H16F3NO/c1-22(2)11-10-17(23)16-12-14(18(19,20)21)8-9-15(16)13-6-4-3-5-7-13/h3-12H,1-2H3. The molecule has 23 heavy (non-hydrogen) atoms. The van der Waals surface area contributed by atoms with Gasteiger partial charge in [-0.15, -0.1) is 0 Å². The van der Waals surface area contributed by atoms with Crippen LogP contribution in [0, 0.1) is 0 Å². The van der Waals surface area contributed by atoms with E-state index in [1.54, 1.807) is 49.3 Å². The normalized spacial score (nSPS) is 11.7. The molecule has 0 fully saturated rings. The lowest BCUT2D eigenvalue weighted by molar-refractivity contribution is -0.137. The fourth-order valence-electron chi connectivity index (χ4n) is 2.10. The molecule has 0 saturated carbocycles. The third-order valence-electron chi connectivity index (χ3n) is 3.22. The molecular weight excluding hydrogens is 303 g/mol. The first kappa shape index (κ1) is 16.8. The largest absolute Gasteiger partial charge is 0.416 e. The molecule has 0 N–H and O–H groups in total. The van der Waals surface area contributed by atoms with Gasteiger partial charge in [0.15, 0.2) is 5.78 Å². The Morgan fingerprint density at radius 1 is 1.04 bits per heavy atom. The van der Waals surface area contributed by atoms with E-state index in [-0.39, 0.29) is 5.56 Å². The molecule has 0 bridgehead atoms. The zero-order chi connectivity index (χ0) is 17.0. The Kier molecular flexibility index (Phi) is 4.89. The molecule has 2 aromatic carbocycles. The monoisotopic (exact) mass is 319 g/mol. The third-order valence-corrected chi connectivity index (χ3v) is 3.22. The second-order valence-electron chi connectivity index (χ2n) is 5.27. The Morgan fingerprint density at radius 2 is 1.70 bits per heavy atom. The van der Waals surface area contributed by atoms with Gasteiger partial charge in [0.25, 0.3) is 0 Å². The maximum atomic E-state index is 12.9. The smallest absolute Gasteiger partial charge is 0.383 e. The number of carbonyl (C=O) groups is 1. The minimum absolute atomic E-state index is 0.0316. The summed E-state index contributed by atoms with van der Waals surface area (Å²) in [7, 11) is 3.46. The highest BCUT2D eigenvalue weighted by atomic mass is 19.4.